The summed E-state index contributed by atoms with van der Waals surface area (Å²) >= 11 is 0. The van der Waals surface area contributed by atoms with Crippen LogP contribution in [0.2, 0.25) is 0 Å². The number of carbonyl (C=O) groups excluding carboxylic acids is 2. The van der Waals surface area contributed by atoms with Crippen molar-refractivity contribution in [3.8, 4) is 18.1 Å². The number of nitrogens with one attached hydrogen (secondary N) is 1. The number of phenolic OH excluding ortho intramolecular Hbond substituents is 1. The number of nitrogens with two attached hydrogens (primary N) is 2. The summed E-state index contributed by atoms with van der Waals surface area (Å²) in [6.45, 7) is 9.06. The van der Waals surface area contributed by atoms with Gasteiger partial charge in [-0.15, -0.1) is 16.6 Å². The van der Waals surface area contributed by atoms with Gasteiger partial charge in [0.05, 0.1) is 69.8 Å². The van der Waals surface area contributed by atoms with Crippen LogP contribution in [0, 0.1) is 18.3 Å². The Morgan fingerprint density at radius 2 is 1.28 bits per heavy atom. The molecule has 2 fully saturated rings. The quantitative estimate of drug-likeness (QED) is 0.0253. The first-order chi connectivity index (χ1) is 33.8. The molecular weight excluding hydrogens is 944 g/mol. The van der Waals surface area contributed by atoms with Gasteiger partial charge in [-0.2, -0.15) is 15.0 Å². The van der Waals surface area contributed by atoms with Crippen LogP contribution in [0.25, 0.3) is 0 Å². The number of carboxylic acid groups (broad SMARTS) is 1. The second kappa shape index (κ2) is 27.9. The Labute approximate surface area is 418 Å². The number of rotatable bonds is 27. The van der Waals surface area contributed by atoms with E-state index in [9.17, 15) is 29.7 Å². The number of terminal acetylenes is 1. The number of benzene rings is 1. The van der Waals surface area contributed by atoms with Gasteiger partial charge in [0.2, 0.25) is 29.7 Å². The van der Waals surface area contributed by atoms with E-state index in [0.29, 0.717) is 121 Å². The Balaban J connectivity index is 0.00000937. The number of amides is 2. The average molecular weight is 1010 g/mol. The van der Waals surface area contributed by atoms with Crippen molar-refractivity contribution in [2.24, 2.45) is 17.4 Å². The molecule has 4 unspecified atom stereocenters. The third kappa shape index (κ3) is 16.4. The molecule has 3 aromatic heterocycles. The Kier molecular flexibility index (Phi) is 21.9. The highest BCUT2D eigenvalue weighted by Crippen LogP contribution is 2.26. The van der Waals surface area contributed by atoms with E-state index in [2.05, 4.69) is 45.7 Å². The van der Waals surface area contributed by atoms with Crippen LogP contribution >= 0.6 is 0 Å². The summed E-state index contributed by atoms with van der Waals surface area (Å²) < 4.78 is 19.4. The highest BCUT2D eigenvalue weighted by molar-refractivity contribution is 5.82. The number of carbonyl (C=O) groups is 3. The smallest absolute Gasteiger partial charge is 0.303 e. The van der Waals surface area contributed by atoms with Gasteiger partial charge in [0.1, 0.15) is 30.1 Å². The van der Waals surface area contributed by atoms with Gasteiger partial charge in [-0.05, 0) is 36.5 Å². The van der Waals surface area contributed by atoms with Crippen LogP contribution in [0.3, 0.4) is 0 Å². The summed E-state index contributed by atoms with van der Waals surface area (Å²) in [5.74, 6) is 2.44. The molecular formula is C45H66ClN16O9-. The minimum Gasteiger partial charge on any atom is -1.00 e. The summed E-state index contributed by atoms with van der Waals surface area (Å²) in [5.41, 5.74) is 14.1. The molecule has 8 N–H and O–H groups in total. The number of aromatic nitrogens is 9. The van der Waals surface area contributed by atoms with Gasteiger partial charge in [0.15, 0.2) is 0 Å². The second-order valence-corrected chi connectivity index (χ2v) is 17.4. The van der Waals surface area contributed by atoms with E-state index in [1.165, 1.54) is 10.9 Å². The van der Waals surface area contributed by atoms with Gasteiger partial charge in [-0.25, -0.2) is 9.36 Å². The molecule has 4 atom stereocenters. The largest absolute Gasteiger partial charge is 1.00 e. The first kappa shape index (κ1) is 55.7. The van der Waals surface area contributed by atoms with E-state index in [-0.39, 0.29) is 80.9 Å². The fourth-order valence-corrected chi connectivity index (χ4v) is 7.92. The number of hydrogen-bond donors (Lipinski definition) is 6. The zero-order valence-electron chi connectivity index (χ0n) is 40.2. The van der Waals surface area contributed by atoms with E-state index in [1.54, 1.807) is 44.9 Å². The maximum atomic E-state index is 14.4. The molecule has 25 nitrogen and oxygen atoms in total. The van der Waals surface area contributed by atoms with Crippen molar-refractivity contribution in [1.29, 1.82) is 0 Å². The normalized spacial score (nSPS) is 15.7. The standard InChI is InChI=1S/C45H66N16O9.ClH/c1-4-20-68-22-24-70-25-23-69-21-11-48-43-49-44(58-16-12-56(13-17-58)41(66)38(9-10-40(64)65)60-29-37(53-54-60)35(47)30-62)51-45(50-43)59-18-14-57(15-19-59)42(67)39(27-32-5-7-33(63)8-6-32)61-28-36(52-55-61)34(46)26-31(2)3;/h1,5-8,28-29,31,34-35,38-39,62-63H,9-27,30,46-47H2,2-3H3,(H,64,65)(H,48,49,50,51);1H/p-1. The predicted octanol–water partition coefficient (Wildman–Crippen LogP) is -3.22. The van der Waals surface area contributed by atoms with E-state index in [0.717, 1.165) is 5.56 Å². The molecule has 4 aromatic rings. The highest BCUT2D eigenvalue weighted by Gasteiger charge is 2.34. The molecule has 26 heteroatoms. The fourth-order valence-electron chi connectivity index (χ4n) is 7.92. The number of ether oxygens (including phenoxy) is 3. The van der Waals surface area contributed by atoms with Gasteiger partial charge in [-0.3, -0.25) is 14.4 Å². The molecule has 0 bridgehead atoms. The van der Waals surface area contributed by atoms with Crippen LogP contribution < -0.4 is 39.0 Å². The van der Waals surface area contributed by atoms with Crippen LogP contribution in [0.15, 0.2) is 36.7 Å². The second-order valence-electron chi connectivity index (χ2n) is 17.4. The van der Waals surface area contributed by atoms with Crippen molar-refractivity contribution in [3.05, 3.63) is 53.6 Å². The Bertz CT molecular complexity index is 2320. The summed E-state index contributed by atoms with van der Waals surface area (Å²) in [4.78, 5) is 61.8. The SMILES string of the molecule is C#CCOCCOCCOCCNc1nc(N2CCN(C(=O)C(CCC(=O)O)n3cc(C(N)CO)nn3)CC2)nc(N2CCN(C(=O)C(Cc3ccc(O)cc3)n3cc(C(N)CC(C)C)nn3)CC2)n1.[Cl-]. The number of phenols is 1. The van der Waals surface area contributed by atoms with Crippen LogP contribution in [-0.4, -0.2) is 193 Å². The lowest BCUT2D eigenvalue weighted by molar-refractivity contribution is -0.139. The molecule has 2 aliphatic rings. The summed E-state index contributed by atoms with van der Waals surface area (Å²) in [6.07, 6.45) is 9.14. The molecule has 2 aliphatic heterocycles. The highest BCUT2D eigenvalue weighted by atomic mass is 35.5. The molecule has 6 rings (SSSR count). The third-order valence-corrected chi connectivity index (χ3v) is 11.8. The molecule has 388 valence electrons. The lowest BCUT2D eigenvalue weighted by Gasteiger charge is -2.38. The number of nitrogens with zero attached hydrogens (tertiary/aromatic N) is 13. The molecule has 2 saturated heterocycles. The molecule has 71 heavy (non-hydrogen) atoms. The maximum Gasteiger partial charge on any atom is 0.303 e. The minimum atomic E-state index is -1.06. The van der Waals surface area contributed by atoms with Crippen molar-refractivity contribution >= 4 is 35.6 Å². The predicted molar refractivity (Wildman–Crippen MR) is 254 cm³/mol. The molecule has 0 radical (unpaired) electrons. The number of hydrogen-bond acceptors (Lipinski definition) is 20. The molecule has 1 aromatic carbocycles. The van der Waals surface area contributed by atoms with Crippen molar-refractivity contribution in [1.82, 2.24) is 54.7 Å². The molecule has 0 aliphatic carbocycles. The van der Waals surface area contributed by atoms with E-state index in [4.69, 9.17) is 47.1 Å². The van der Waals surface area contributed by atoms with Crippen molar-refractivity contribution in [2.75, 3.05) is 120 Å². The third-order valence-electron chi connectivity index (χ3n) is 11.8. The van der Waals surface area contributed by atoms with Gasteiger partial charge >= 0.3 is 5.97 Å². The first-order valence-corrected chi connectivity index (χ1v) is 23.5. The van der Waals surface area contributed by atoms with Gasteiger partial charge in [0, 0.05) is 71.7 Å². The molecule has 5 heterocycles. The summed E-state index contributed by atoms with van der Waals surface area (Å²) in [6, 6.07) is 3.93. The van der Waals surface area contributed by atoms with E-state index < -0.39 is 24.1 Å². The topological polar surface area (TPSA) is 317 Å². The molecule has 0 spiro atoms. The monoisotopic (exact) mass is 1010 g/mol. The number of aliphatic hydroxyl groups is 1. The number of carboxylic acids is 1. The average Bonchev–Trinajstić information content (AvgIpc) is 4.07. The van der Waals surface area contributed by atoms with Crippen LogP contribution in [0.5, 0.6) is 5.75 Å². The minimum absolute atomic E-state index is 0. The summed E-state index contributed by atoms with van der Waals surface area (Å²) in [7, 11) is 0. The van der Waals surface area contributed by atoms with Crippen LogP contribution in [-0.2, 0) is 35.0 Å². The number of aliphatic carboxylic acids is 1. The first-order valence-electron chi connectivity index (χ1n) is 23.5. The zero-order chi connectivity index (χ0) is 50.0. The molecule has 2 amide bonds. The van der Waals surface area contributed by atoms with Gasteiger partial charge in [-0.1, -0.05) is 42.3 Å². The number of aliphatic hydroxyl groups excluding tert-OH is 1. The number of halogens is 1. The van der Waals surface area contributed by atoms with E-state index in [1.807, 2.05) is 9.80 Å². The van der Waals surface area contributed by atoms with E-state index >= 15 is 0 Å². The van der Waals surface area contributed by atoms with Crippen LogP contribution in [0.1, 0.15) is 74.2 Å². The summed E-state index contributed by atoms with van der Waals surface area (Å²) in [5, 5.41) is 48.9. The Morgan fingerprint density at radius 3 is 1.82 bits per heavy atom. The van der Waals surface area contributed by atoms with Crippen molar-refractivity contribution in [3.63, 3.8) is 0 Å². The zero-order valence-corrected chi connectivity index (χ0v) is 41.0. The molecule has 0 saturated carbocycles. The van der Waals surface area contributed by atoms with Gasteiger partial charge in [0.25, 0.3) is 0 Å². The number of piperazine rings is 2. The lowest BCUT2D eigenvalue weighted by Crippen LogP contribution is -3.00. The number of aromatic hydroxyl groups is 1. The lowest BCUT2D eigenvalue weighted by atomic mass is 10.0. The Hall–Kier alpha value is -6.27. The number of anilines is 3. The van der Waals surface area contributed by atoms with Gasteiger partial charge < -0.3 is 78.3 Å². The van der Waals surface area contributed by atoms with Crippen molar-refractivity contribution in [2.45, 2.75) is 63.7 Å². The fraction of sp³-hybridized carbons (Fsp3) is 0.600. The Morgan fingerprint density at radius 1 is 0.761 bits per heavy atom. The van der Waals surface area contributed by atoms with Crippen molar-refractivity contribution < 1.29 is 56.3 Å². The van der Waals surface area contributed by atoms with Crippen LogP contribution in [0.4, 0.5) is 17.8 Å². The maximum absolute atomic E-state index is 14.4.